The van der Waals surface area contributed by atoms with Gasteiger partial charge in [0.25, 0.3) is 0 Å². The molecule has 6 aromatic rings. The summed E-state index contributed by atoms with van der Waals surface area (Å²) in [7, 11) is 0. The molecule has 0 radical (unpaired) electrons. The number of aromatic nitrogens is 6. The SMILES string of the molecule is OCCNc1nc(NCCc2ccc(Oc3nc(NCCc4ccc(O)cc4)nc(Nc4ccccc4)n3)cc2)nc(Nc2ccccc2)n1. The maximum absolute atomic E-state index is 9.55. The monoisotopic (exact) mass is 671 g/mol. The number of rotatable bonds is 17. The van der Waals surface area contributed by atoms with E-state index in [0.29, 0.717) is 68.0 Å². The van der Waals surface area contributed by atoms with Gasteiger partial charge in [0.2, 0.25) is 29.7 Å². The molecule has 0 amide bonds. The van der Waals surface area contributed by atoms with Gasteiger partial charge in [-0.05, 0) is 72.5 Å². The molecule has 0 bridgehead atoms. The summed E-state index contributed by atoms with van der Waals surface area (Å²) in [5.41, 5.74) is 3.81. The first-order valence-corrected chi connectivity index (χ1v) is 16.1. The zero-order valence-corrected chi connectivity index (χ0v) is 27.1. The fourth-order valence-electron chi connectivity index (χ4n) is 4.73. The van der Waals surface area contributed by atoms with Crippen molar-refractivity contribution in [1.82, 2.24) is 29.9 Å². The van der Waals surface area contributed by atoms with Crippen molar-refractivity contribution in [2.45, 2.75) is 12.8 Å². The van der Waals surface area contributed by atoms with Gasteiger partial charge in [-0.1, -0.05) is 60.7 Å². The van der Waals surface area contributed by atoms with Crippen molar-refractivity contribution >= 4 is 41.1 Å². The molecule has 0 fully saturated rings. The van der Waals surface area contributed by atoms with Crippen LogP contribution >= 0.6 is 0 Å². The summed E-state index contributed by atoms with van der Waals surface area (Å²) < 4.78 is 6.07. The zero-order chi connectivity index (χ0) is 34.4. The van der Waals surface area contributed by atoms with Crippen LogP contribution in [0.4, 0.5) is 41.1 Å². The molecule has 0 saturated carbocycles. The van der Waals surface area contributed by atoms with Gasteiger partial charge >= 0.3 is 6.01 Å². The minimum absolute atomic E-state index is 0.0469. The van der Waals surface area contributed by atoms with Crippen LogP contribution in [0.3, 0.4) is 0 Å². The van der Waals surface area contributed by atoms with Crippen molar-refractivity contribution < 1.29 is 14.9 Å². The van der Waals surface area contributed by atoms with Crippen LogP contribution in [0, 0.1) is 0 Å². The van der Waals surface area contributed by atoms with Gasteiger partial charge in [-0.3, -0.25) is 0 Å². The van der Waals surface area contributed by atoms with Crippen LogP contribution in [0.15, 0.2) is 109 Å². The molecule has 0 aliphatic rings. The van der Waals surface area contributed by atoms with Crippen LogP contribution in [0.25, 0.3) is 0 Å². The Morgan fingerprint density at radius 1 is 0.480 bits per heavy atom. The summed E-state index contributed by atoms with van der Waals surface area (Å²) in [5, 5.41) is 34.7. The normalized spacial score (nSPS) is 10.7. The van der Waals surface area contributed by atoms with Crippen molar-refractivity contribution in [2.24, 2.45) is 0 Å². The third-order valence-electron chi connectivity index (χ3n) is 7.17. The number of nitrogens with one attached hydrogen (secondary N) is 5. The first kappa shape index (κ1) is 33.4. The van der Waals surface area contributed by atoms with E-state index < -0.39 is 0 Å². The van der Waals surface area contributed by atoms with Crippen molar-refractivity contribution in [3.05, 3.63) is 120 Å². The molecule has 2 aromatic heterocycles. The maximum Gasteiger partial charge on any atom is 0.328 e. The smallest absolute Gasteiger partial charge is 0.328 e. The highest BCUT2D eigenvalue weighted by molar-refractivity contribution is 5.56. The van der Waals surface area contributed by atoms with E-state index in [-0.39, 0.29) is 18.4 Å². The van der Waals surface area contributed by atoms with E-state index in [1.165, 1.54) is 0 Å². The molecule has 0 atom stereocenters. The van der Waals surface area contributed by atoms with E-state index >= 15 is 0 Å². The van der Waals surface area contributed by atoms with Crippen LogP contribution in [-0.2, 0) is 12.8 Å². The molecular weight excluding hydrogens is 634 g/mol. The molecule has 6 rings (SSSR count). The van der Waals surface area contributed by atoms with Crippen molar-refractivity contribution in [3.8, 4) is 17.5 Å². The van der Waals surface area contributed by atoms with E-state index in [2.05, 4.69) is 56.5 Å². The van der Waals surface area contributed by atoms with E-state index in [9.17, 15) is 10.2 Å². The predicted molar refractivity (Wildman–Crippen MR) is 194 cm³/mol. The standard InChI is InChI=1S/C36H37N11O3/c48-24-23-39-32-42-31(43-34(44-32)40-27-7-3-1-4-8-27)37-21-20-26-13-17-30(18-14-26)50-36-46-33(38-22-19-25-11-15-29(49)16-12-25)45-35(47-36)41-28-9-5-2-6-10-28/h1-18,48-49H,19-24H2,(H2,38,41,45,46,47)(H3,37,39,40,42,43,44). The minimum Gasteiger partial charge on any atom is -0.508 e. The molecule has 14 heteroatoms. The second-order valence-corrected chi connectivity index (χ2v) is 11.0. The first-order chi connectivity index (χ1) is 24.6. The third-order valence-corrected chi connectivity index (χ3v) is 7.17. The molecule has 0 unspecified atom stereocenters. The Kier molecular flexibility index (Phi) is 11.4. The number of aliphatic hydroxyl groups excluding tert-OH is 1. The summed E-state index contributed by atoms with van der Waals surface area (Å²) in [6, 6.07) is 34.1. The van der Waals surface area contributed by atoms with Gasteiger partial charge < -0.3 is 41.5 Å². The van der Waals surface area contributed by atoms with E-state index in [1.807, 2.05) is 97.1 Å². The lowest BCUT2D eigenvalue weighted by atomic mass is 10.1. The molecular formula is C36H37N11O3. The Hall–Kier alpha value is -6.54. The van der Waals surface area contributed by atoms with Gasteiger partial charge in [-0.25, -0.2) is 0 Å². The molecule has 50 heavy (non-hydrogen) atoms. The second-order valence-electron chi connectivity index (χ2n) is 11.0. The summed E-state index contributed by atoms with van der Waals surface area (Å²) in [6.07, 6.45) is 1.40. The van der Waals surface area contributed by atoms with Crippen LogP contribution in [0.2, 0.25) is 0 Å². The van der Waals surface area contributed by atoms with Crippen LogP contribution in [-0.4, -0.2) is 66.4 Å². The Balaban J connectivity index is 1.08. The first-order valence-electron chi connectivity index (χ1n) is 16.1. The zero-order valence-electron chi connectivity index (χ0n) is 27.1. The third kappa shape index (κ3) is 10.2. The fourth-order valence-corrected chi connectivity index (χ4v) is 4.73. The van der Waals surface area contributed by atoms with Crippen LogP contribution in [0.5, 0.6) is 17.5 Å². The van der Waals surface area contributed by atoms with Gasteiger partial charge in [-0.2, -0.15) is 29.9 Å². The molecule has 254 valence electrons. The van der Waals surface area contributed by atoms with Crippen molar-refractivity contribution in [1.29, 1.82) is 0 Å². The number of anilines is 7. The lowest BCUT2D eigenvalue weighted by Gasteiger charge is -2.12. The van der Waals surface area contributed by atoms with Crippen LogP contribution < -0.4 is 31.3 Å². The Morgan fingerprint density at radius 3 is 1.46 bits per heavy atom. The highest BCUT2D eigenvalue weighted by atomic mass is 16.5. The largest absolute Gasteiger partial charge is 0.508 e. The molecule has 0 aliphatic heterocycles. The summed E-state index contributed by atoms with van der Waals surface area (Å²) in [6.45, 7) is 1.40. The van der Waals surface area contributed by atoms with E-state index in [0.717, 1.165) is 22.5 Å². The number of aromatic hydroxyl groups is 1. The summed E-state index contributed by atoms with van der Waals surface area (Å²) in [4.78, 5) is 26.8. The van der Waals surface area contributed by atoms with Gasteiger partial charge in [0.1, 0.15) is 11.5 Å². The number of hydrogen-bond donors (Lipinski definition) is 7. The molecule has 0 saturated heterocycles. The topological polar surface area (TPSA) is 187 Å². The summed E-state index contributed by atoms with van der Waals surface area (Å²) >= 11 is 0. The lowest BCUT2D eigenvalue weighted by Crippen LogP contribution is -2.14. The highest BCUT2D eigenvalue weighted by Crippen LogP contribution is 2.23. The van der Waals surface area contributed by atoms with Crippen LogP contribution in [0.1, 0.15) is 11.1 Å². The second kappa shape index (κ2) is 17.0. The Bertz CT molecular complexity index is 1930. The highest BCUT2D eigenvalue weighted by Gasteiger charge is 2.11. The Labute approximate surface area is 289 Å². The van der Waals surface area contributed by atoms with Gasteiger partial charge in [0.15, 0.2) is 0 Å². The number of hydrogen-bond acceptors (Lipinski definition) is 14. The van der Waals surface area contributed by atoms with E-state index in [4.69, 9.17) is 4.74 Å². The Morgan fingerprint density at radius 2 is 0.920 bits per heavy atom. The maximum atomic E-state index is 9.55. The average Bonchev–Trinajstić information content (AvgIpc) is 3.13. The molecule has 4 aromatic carbocycles. The molecule has 14 nitrogen and oxygen atoms in total. The molecule has 0 aliphatic carbocycles. The average molecular weight is 672 g/mol. The number of phenolic OH excluding ortho intramolecular Hbond substituents is 1. The number of benzene rings is 4. The number of aliphatic hydroxyl groups is 1. The quantitative estimate of drug-likeness (QED) is 0.0621. The summed E-state index contributed by atoms with van der Waals surface area (Å²) in [5.74, 6) is 2.65. The molecule has 2 heterocycles. The molecule has 0 spiro atoms. The van der Waals surface area contributed by atoms with E-state index in [1.54, 1.807) is 12.1 Å². The number of ether oxygens (including phenoxy) is 1. The van der Waals surface area contributed by atoms with Gasteiger partial charge in [0.05, 0.1) is 6.61 Å². The van der Waals surface area contributed by atoms with Crippen molar-refractivity contribution in [3.63, 3.8) is 0 Å². The minimum atomic E-state index is -0.0469. The fraction of sp³-hybridized carbons (Fsp3) is 0.167. The predicted octanol–water partition coefficient (Wildman–Crippen LogP) is 5.76. The van der Waals surface area contributed by atoms with Gasteiger partial charge in [0, 0.05) is 31.0 Å². The van der Waals surface area contributed by atoms with Crippen molar-refractivity contribution in [2.75, 3.05) is 52.8 Å². The number of nitrogens with zero attached hydrogens (tertiary/aromatic N) is 6. The number of para-hydroxylation sites is 2. The lowest BCUT2D eigenvalue weighted by molar-refractivity contribution is 0.311. The molecule has 7 N–H and O–H groups in total. The number of phenols is 1. The van der Waals surface area contributed by atoms with Gasteiger partial charge in [-0.15, -0.1) is 0 Å².